The Kier molecular flexibility index (Phi) is 6.90. The van der Waals surface area contributed by atoms with Gasteiger partial charge in [0.15, 0.2) is 0 Å². The first kappa shape index (κ1) is 15.1. The lowest BCUT2D eigenvalue weighted by Crippen LogP contribution is -2.34. The van der Waals surface area contributed by atoms with Gasteiger partial charge in [0, 0.05) is 30.4 Å². The molecule has 5 heteroatoms. The number of nitrogens with zero attached hydrogens (tertiary/aromatic N) is 1. The van der Waals surface area contributed by atoms with Gasteiger partial charge in [0.1, 0.15) is 0 Å². The van der Waals surface area contributed by atoms with Crippen molar-refractivity contribution in [2.24, 2.45) is 0 Å². The van der Waals surface area contributed by atoms with Gasteiger partial charge in [-0.05, 0) is 26.7 Å². The van der Waals surface area contributed by atoms with Crippen molar-refractivity contribution in [3.8, 4) is 0 Å². The molecule has 18 heavy (non-hydrogen) atoms. The fraction of sp³-hybridized carbons (Fsp3) is 0.692. The second kappa shape index (κ2) is 8.21. The molecule has 0 aromatic carbocycles. The highest BCUT2D eigenvalue weighted by Crippen LogP contribution is 2.11. The van der Waals surface area contributed by atoms with Crippen LogP contribution in [0.15, 0.2) is 5.51 Å². The van der Waals surface area contributed by atoms with Crippen LogP contribution in [0.4, 0.5) is 0 Å². The van der Waals surface area contributed by atoms with E-state index in [0.29, 0.717) is 6.42 Å². The predicted molar refractivity (Wildman–Crippen MR) is 75.9 cm³/mol. The molecule has 102 valence electrons. The van der Waals surface area contributed by atoms with Crippen LogP contribution in [0.2, 0.25) is 0 Å². The third-order valence-electron chi connectivity index (χ3n) is 2.92. The minimum Gasteiger partial charge on any atom is -0.354 e. The first-order chi connectivity index (χ1) is 8.63. The summed E-state index contributed by atoms with van der Waals surface area (Å²) in [4.78, 5) is 17.0. The summed E-state index contributed by atoms with van der Waals surface area (Å²) in [5, 5.41) is 6.25. The van der Waals surface area contributed by atoms with Gasteiger partial charge >= 0.3 is 0 Å². The number of carbonyl (C=O) groups excluding carboxylic acids is 1. The monoisotopic (exact) mass is 269 g/mol. The Morgan fingerprint density at radius 1 is 1.50 bits per heavy atom. The van der Waals surface area contributed by atoms with Gasteiger partial charge in [0.2, 0.25) is 5.91 Å². The molecule has 0 spiro atoms. The van der Waals surface area contributed by atoms with Crippen LogP contribution in [0.1, 0.15) is 37.3 Å². The third kappa shape index (κ3) is 5.60. The van der Waals surface area contributed by atoms with Crippen molar-refractivity contribution in [2.75, 3.05) is 13.1 Å². The number of rotatable bonds is 8. The topological polar surface area (TPSA) is 54.0 Å². The van der Waals surface area contributed by atoms with E-state index in [9.17, 15) is 4.79 Å². The van der Waals surface area contributed by atoms with Crippen molar-refractivity contribution in [1.82, 2.24) is 15.6 Å². The Balaban J connectivity index is 2.05. The molecule has 0 aliphatic carbocycles. The number of aryl methyl sites for hydroxylation is 1. The molecule has 0 fully saturated rings. The molecule has 1 atom stereocenters. The molecule has 1 rings (SSSR count). The summed E-state index contributed by atoms with van der Waals surface area (Å²) >= 11 is 1.69. The zero-order chi connectivity index (χ0) is 13.4. The SMILES string of the molecule is CCC(C)NC(=O)CCNCCc1scnc1C. The minimum absolute atomic E-state index is 0.130. The second-order valence-corrected chi connectivity index (χ2v) is 5.43. The maximum atomic E-state index is 11.5. The van der Waals surface area contributed by atoms with Crippen LogP contribution in [0.3, 0.4) is 0 Å². The van der Waals surface area contributed by atoms with Crippen molar-refractivity contribution in [2.45, 2.75) is 46.1 Å². The van der Waals surface area contributed by atoms with Crippen molar-refractivity contribution in [3.05, 3.63) is 16.1 Å². The van der Waals surface area contributed by atoms with Crippen molar-refractivity contribution >= 4 is 17.2 Å². The van der Waals surface area contributed by atoms with Gasteiger partial charge in [-0.1, -0.05) is 6.92 Å². The first-order valence-electron chi connectivity index (χ1n) is 6.52. The van der Waals surface area contributed by atoms with Crippen LogP contribution < -0.4 is 10.6 Å². The van der Waals surface area contributed by atoms with Crippen molar-refractivity contribution < 1.29 is 4.79 Å². The molecule has 0 aliphatic heterocycles. The van der Waals surface area contributed by atoms with Crippen LogP contribution >= 0.6 is 11.3 Å². The summed E-state index contributed by atoms with van der Waals surface area (Å²) < 4.78 is 0. The molecule has 1 unspecified atom stereocenters. The average molecular weight is 269 g/mol. The van der Waals surface area contributed by atoms with Gasteiger partial charge in [0.25, 0.3) is 0 Å². The zero-order valence-electron chi connectivity index (χ0n) is 11.5. The van der Waals surface area contributed by atoms with E-state index in [1.165, 1.54) is 4.88 Å². The summed E-state index contributed by atoms with van der Waals surface area (Å²) in [5.74, 6) is 0.130. The lowest BCUT2D eigenvalue weighted by atomic mass is 10.2. The Hall–Kier alpha value is -0.940. The molecule has 0 saturated carbocycles. The molecule has 0 aliphatic rings. The molecule has 0 radical (unpaired) electrons. The van der Waals surface area contributed by atoms with Crippen LogP contribution in [0, 0.1) is 6.92 Å². The highest BCUT2D eigenvalue weighted by molar-refractivity contribution is 7.09. The Bertz CT molecular complexity index is 365. The number of aromatic nitrogens is 1. The summed E-state index contributed by atoms with van der Waals surface area (Å²) in [6, 6.07) is 0.275. The molecule has 1 aromatic heterocycles. The van der Waals surface area contributed by atoms with E-state index in [1.807, 2.05) is 19.4 Å². The highest BCUT2D eigenvalue weighted by Gasteiger charge is 2.05. The largest absolute Gasteiger partial charge is 0.354 e. The molecule has 4 nitrogen and oxygen atoms in total. The van der Waals surface area contributed by atoms with Crippen molar-refractivity contribution in [1.29, 1.82) is 0 Å². The van der Waals surface area contributed by atoms with E-state index in [-0.39, 0.29) is 11.9 Å². The summed E-state index contributed by atoms with van der Waals surface area (Å²) in [6.45, 7) is 7.77. The Labute approximate surface area is 113 Å². The standard InChI is InChI=1S/C13H23N3OS/c1-4-10(2)16-13(17)6-8-14-7-5-12-11(3)15-9-18-12/h9-10,14H,4-8H2,1-3H3,(H,16,17). The van der Waals surface area contributed by atoms with E-state index < -0.39 is 0 Å². The van der Waals surface area contributed by atoms with Gasteiger partial charge in [-0.3, -0.25) is 4.79 Å². The summed E-state index contributed by atoms with van der Waals surface area (Å²) in [5.41, 5.74) is 3.00. The van der Waals surface area contributed by atoms with E-state index >= 15 is 0 Å². The molecular weight excluding hydrogens is 246 g/mol. The molecule has 0 saturated heterocycles. The lowest BCUT2D eigenvalue weighted by molar-refractivity contribution is -0.121. The van der Waals surface area contributed by atoms with Crippen LogP contribution in [-0.4, -0.2) is 30.0 Å². The van der Waals surface area contributed by atoms with E-state index in [1.54, 1.807) is 11.3 Å². The van der Waals surface area contributed by atoms with E-state index in [0.717, 1.165) is 31.6 Å². The molecule has 1 aromatic rings. The number of amides is 1. The maximum absolute atomic E-state index is 11.5. The fourth-order valence-electron chi connectivity index (χ4n) is 1.54. The number of carbonyl (C=O) groups is 1. The quantitative estimate of drug-likeness (QED) is 0.709. The van der Waals surface area contributed by atoms with Gasteiger partial charge in [0.05, 0.1) is 11.2 Å². The summed E-state index contributed by atoms with van der Waals surface area (Å²) in [6.07, 6.45) is 2.51. The van der Waals surface area contributed by atoms with Gasteiger partial charge in [-0.2, -0.15) is 0 Å². The molecule has 0 bridgehead atoms. The number of nitrogens with one attached hydrogen (secondary N) is 2. The molecule has 1 heterocycles. The van der Waals surface area contributed by atoms with Crippen LogP contribution in [-0.2, 0) is 11.2 Å². The molecule has 2 N–H and O–H groups in total. The number of thiazole rings is 1. The summed E-state index contributed by atoms with van der Waals surface area (Å²) in [7, 11) is 0. The van der Waals surface area contributed by atoms with Gasteiger partial charge < -0.3 is 10.6 Å². The third-order valence-corrected chi connectivity index (χ3v) is 3.92. The maximum Gasteiger partial charge on any atom is 0.221 e. The molecular formula is C13H23N3OS. The average Bonchev–Trinajstić information content (AvgIpc) is 2.74. The highest BCUT2D eigenvalue weighted by atomic mass is 32.1. The normalized spacial score (nSPS) is 12.4. The van der Waals surface area contributed by atoms with Gasteiger partial charge in [-0.15, -0.1) is 11.3 Å². The van der Waals surface area contributed by atoms with Crippen LogP contribution in [0.5, 0.6) is 0 Å². The van der Waals surface area contributed by atoms with Crippen molar-refractivity contribution in [3.63, 3.8) is 0 Å². The smallest absolute Gasteiger partial charge is 0.221 e. The minimum atomic E-state index is 0.130. The number of hydrogen-bond acceptors (Lipinski definition) is 4. The Morgan fingerprint density at radius 2 is 2.28 bits per heavy atom. The zero-order valence-corrected chi connectivity index (χ0v) is 12.3. The second-order valence-electron chi connectivity index (χ2n) is 4.49. The first-order valence-corrected chi connectivity index (χ1v) is 7.40. The fourth-order valence-corrected chi connectivity index (χ4v) is 2.33. The Morgan fingerprint density at radius 3 is 2.89 bits per heavy atom. The van der Waals surface area contributed by atoms with Crippen LogP contribution in [0.25, 0.3) is 0 Å². The van der Waals surface area contributed by atoms with Gasteiger partial charge in [-0.25, -0.2) is 4.98 Å². The predicted octanol–water partition coefficient (Wildman–Crippen LogP) is 1.89. The van der Waals surface area contributed by atoms with E-state index in [2.05, 4.69) is 22.5 Å². The molecule has 1 amide bonds. The number of hydrogen-bond donors (Lipinski definition) is 2. The lowest BCUT2D eigenvalue weighted by Gasteiger charge is -2.11. The van der Waals surface area contributed by atoms with E-state index in [4.69, 9.17) is 0 Å².